The summed E-state index contributed by atoms with van der Waals surface area (Å²) in [6.45, 7) is 2.51. The Kier molecular flexibility index (Phi) is 6.41. The maximum Gasteiger partial charge on any atom is 0.322 e. The summed E-state index contributed by atoms with van der Waals surface area (Å²) >= 11 is 13.1. The fourth-order valence-electron chi connectivity index (χ4n) is 3.36. The van der Waals surface area contributed by atoms with Crippen LogP contribution in [0.2, 0.25) is 10.0 Å². The Labute approximate surface area is 193 Å². The fraction of sp³-hybridized carbons (Fsp3) is 0.238. The Bertz CT molecular complexity index is 1120. The summed E-state index contributed by atoms with van der Waals surface area (Å²) in [6.07, 6.45) is 1.61. The first-order valence-electron chi connectivity index (χ1n) is 9.65. The first-order valence-corrected chi connectivity index (χ1v) is 11.2. The topological polar surface area (TPSA) is 87.2 Å². The van der Waals surface area contributed by atoms with Crippen molar-refractivity contribution in [2.24, 2.45) is 0 Å². The number of carbonyl (C=O) groups is 2. The van der Waals surface area contributed by atoms with Gasteiger partial charge in [-0.25, -0.2) is 4.79 Å². The zero-order chi connectivity index (χ0) is 22.0. The van der Waals surface area contributed by atoms with Crippen LogP contribution in [0.4, 0.5) is 16.2 Å². The number of hydrogen-bond donors (Lipinski definition) is 2. The molecule has 2 aromatic carbocycles. The number of amides is 3. The maximum absolute atomic E-state index is 12.9. The number of carbonyl (C=O) groups excluding carboxylic acids is 2. The number of nitrogens with one attached hydrogen (secondary N) is 2. The smallest absolute Gasteiger partial charge is 0.320 e. The Hall–Kier alpha value is -2.68. The molecule has 3 aromatic rings. The van der Waals surface area contributed by atoms with E-state index in [9.17, 15) is 9.59 Å². The number of hydrogen-bond acceptors (Lipinski definition) is 5. The molecule has 1 aromatic heterocycles. The van der Waals surface area contributed by atoms with Crippen molar-refractivity contribution in [1.29, 1.82) is 0 Å². The molecule has 31 heavy (non-hydrogen) atoms. The van der Waals surface area contributed by atoms with Crippen LogP contribution in [-0.2, 0) is 0 Å². The summed E-state index contributed by atoms with van der Waals surface area (Å²) in [5.41, 5.74) is 2.21. The number of rotatable bonds is 4. The van der Waals surface area contributed by atoms with E-state index in [1.165, 1.54) is 11.3 Å². The fourth-order valence-corrected chi connectivity index (χ4v) is 4.55. The van der Waals surface area contributed by atoms with Gasteiger partial charge in [-0.1, -0.05) is 40.6 Å². The molecule has 3 amide bonds. The first-order chi connectivity index (χ1) is 14.9. The van der Waals surface area contributed by atoms with Crippen LogP contribution in [-0.4, -0.2) is 33.6 Å². The third kappa shape index (κ3) is 4.98. The number of halogens is 2. The van der Waals surface area contributed by atoms with Gasteiger partial charge < -0.3 is 15.5 Å². The Morgan fingerprint density at radius 2 is 1.81 bits per heavy atom. The van der Waals surface area contributed by atoms with Gasteiger partial charge in [-0.15, -0.1) is 10.2 Å². The van der Waals surface area contributed by atoms with Crippen molar-refractivity contribution in [2.75, 3.05) is 17.2 Å². The molecule has 1 saturated heterocycles. The number of aromatic nitrogens is 2. The number of anilines is 2. The maximum atomic E-state index is 12.9. The van der Waals surface area contributed by atoms with Gasteiger partial charge in [0, 0.05) is 28.0 Å². The SMILES string of the molecule is Cc1ccc(Cl)cc1NC(=O)N1CCCC1c1nnc(C(=O)Nc2ccc(Cl)cc2)s1. The molecule has 1 aliphatic heterocycles. The molecule has 2 heterocycles. The summed E-state index contributed by atoms with van der Waals surface area (Å²) in [4.78, 5) is 27.1. The summed E-state index contributed by atoms with van der Waals surface area (Å²) < 4.78 is 0. The average molecular weight is 476 g/mol. The van der Waals surface area contributed by atoms with E-state index in [1.807, 2.05) is 13.0 Å². The van der Waals surface area contributed by atoms with Crippen LogP contribution in [0.25, 0.3) is 0 Å². The van der Waals surface area contributed by atoms with Gasteiger partial charge >= 0.3 is 6.03 Å². The van der Waals surface area contributed by atoms with Crippen LogP contribution in [0.3, 0.4) is 0 Å². The standard InChI is InChI=1S/C21H19Cl2N5O2S/c1-12-4-5-14(23)11-16(12)25-21(30)28-10-2-3-17(28)19-26-27-20(31-19)18(29)24-15-8-6-13(22)7-9-15/h4-9,11,17H,2-3,10H2,1H3,(H,24,29)(H,25,30). The highest BCUT2D eigenvalue weighted by Gasteiger charge is 2.33. The lowest BCUT2D eigenvalue weighted by Gasteiger charge is -2.23. The zero-order valence-electron chi connectivity index (χ0n) is 16.6. The monoisotopic (exact) mass is 475 g/mol. The lowest BCUT2D eigenvalue weighted by molar-refractivity contribution is 0.102. The van der Waals surface area contributed by atoms with Crippen LogP contribution >= 0.6 is 34.5 Å². The normalized spacial score (nSPS) is 15.7. The van der Waals surface area contributed by atoms with Crippen molar-refractivity contribution in [3.63, 3.8) is 0 Å². The number of likely N-dealkylation sites (tertiary alicyclic amines) is 1. The van der Waals surface area contributed by atoms with E-state index in [0.29, 0.717) is 33.0 Å². The van der Waals surface area contributed by atoms with Crippen molar-refractivity contribution in [3.05, 3.63) is 68.1 Å². The molecule has 1 fully saturated rings. The number of urea groups is 1. The van der Waals surface area contributed by atoms with Crippen molar-refractivity contribution in [1.82, 2.24) is 15.1 Å². The lowest BCUT2D eigenvalue weighted by Crippen LogP contribution is -2.34. The van der Waals surface area contributed by atoms with E-state index in [0.717, 1.165) is 18.4 Å². The Morgan fingerprint density at radius 3 is 2.58 bits per heavy atom. The molecule has 0 aliphatic carbocycles. The van der Waals surface area contributed by atoms with E-state index in [-0.39, 0.29) is 23.0 Å². The minimum Gasteiger partial charge on any atom is -0.320 e. The Balaban J connectivity index is 1.45. The molecule has 0 radical (unpaired) electrons. The molecule has 1 atom stereocenters. The molecule has 0 spiro atoms. The molecule has 160 valence electrons. The highest BCUT2D eigenvalue weighted by atomic mass is 35.5. The van der Waals surface area contributed by atoms with Crippen LogP contribution in [0.1, 0.15) is 39.3 Å². The third-order valence-electron chi connectivity index (χ3n) is 4.98. The number of benzene rings is 2. The summed E-state index contributed by atoms with van der Waals surface area (Å²) in [6, 6.07) is 11.7. The van der Waals surface area contributed by atoms with Crippen molar-refractivity contribution >= 4 is 57.9 Å². The lowest BCUT2D eigenvalue weighted by atomic mass is 10.2. The van der Waals surface area contributed by atoms with E-state index in [2.05, 4.69) is 20.8 Å². The molecule has 7 nitrogen and oxygen atoms in total. The number of nitrogens with zero attached hydrogens (tertiary/aromatic N) is 3. The van der Waals surface area contributed by atoms with Crippen LogP contribution in [0, 0.1) is 6.92 Å². The second-order valence-electron chi connectivity index (χ2n) is 7.15. The molecule has 1 unspecified atom stereocenters. The van der Waals surface area contributed by atoms with Crippen molar-refractivity contribution in [2.45, 2.75) is 25.8 Å². The minimum atomic E-state index is -0.352. The van der Waals surface area contributed by atoms with Gasteiger partial charge in [0.1, 0.15) is 5.01 Å². The second kappa shape index (κ2) is 9.21. The van der Waals surface area contributed by atoms with Crippen LogP contribution in [0.15, 0.2) is 42.5 Å². The van der Waals surface area contributed by atoms with E-state index in [4.69, 9.17) is 23.2 Å². The molecule has 4 rings (SSSR count). The molecule has 0 saturated carbocycles. The van der Waals surface area contributed by atoms with Gasteiger partial charge in [-0.3, -0.25) is 4.79 Å². The summed E-state index contributed by atoms with van der Waals surface area (Å²) in [5, 5.41) is 15.9. The van der Waals surface area contributed by atoms with Gasteiger partial charge in [-0.2, -0.15) is 0 Å². The van der Waals surface area contributed by atoms with Crippen molar-refractivity contribution < 1.29 is 9.59 Å². The molecular formula is C21H19Cl2N5O2S. The van der Waals surface area contributed by atoms with Gasteiger partial charge in [0.25, 0.3) is 5.91 Å². The number of aryl methyl sites for hydroxylation is 1. The van der Waals surface area contributed by atoms with Gasteiger partial charge in [0.05, 0.1) is 6.04 Å². The molecule has 1 aliphatic rings. The van der Waals surface area contributed by atoms with E-state index in [1.54, 1.807) is 41.3 Å². The molecular weight excluding hydrogens is 457 g/mol. The van der Waals surface area contributed by atoms with E-state index >= 15 is 0 Å². The highest BCUT2D eigenvalue weighted by Crippen LogP contribution is 2.34. The second-order valence-corrected chi connectivity index (χ2v) is 9.03. The largest absolute Gasteiger partial charge is 0.322 e. The van der Waals surface area contributed by atoms with Crippen LogP contribution in [0.5, 0.6) is 0 Å². The predicted molar refractivity (Wildman–Crippen MR) is 123 cm³/mol. The minimum absolute atomic E-state index is 0.227. The predicted octanol–water partition coefficient (Wildman–Crippen LogP) is 5.77. The van der Waals surface area contributed by atoms with Gasteiger partial charge in [-0.05, 0) is 61.7 Å². The van der Waals surface area contributed by atoms with Crippen molar-refractivity contribution in [3.8, 4) is 0 Å². The average Bonchev–Trinajstić information content (AvgIpc) is 3.42. The van der Waals surface area contributed by atoms with E-state index < -0.39 is 0 Å². The highest BCUT2D eigenvalue weighted by molar-refractivity contribution is 7.13. The first kappa shape index (κ1) is 21.5. The summed E-state index contributed by atoms with van der Waals surface area (Å²) in [7, 11) is 0. The van der Waals surface area contributed by atoms with Crippen LogP contribution < -0.4 is 10.6 Å². The molecule has 10 heteroatoms. The Morgan fingerprint density at radius 1 is 1.06 bits per heavy atom. The molecule has 2 N–H and O–H groups in total. The van der Waals surface area contributed by atoms with Gasteiger partial charge in [0.15, 0.2) is 0 Å². The summed E-state index contributed by atoms with van der Waals surface area (Å²) in [5.74, 6) is -0.352. The third-order valence-corrected chi connectivity index (χ3v) is 6.49. The zero-order valence-corrected chi connectivity index (χ0v) is 18.9. The quantitative estimate of drug-likeness (QED) is 0.500. The van der Waals surface area contributed by atoms with Gasteiger partial charge in [0.2, 0.25) is 5.01 Å². The molecule has 0 bridgehead atoms.